The summed E-state index contributed by atoms with van der Waals surface area (Å²) in [4.78, 5) is 4.70. The molecule has 190 valence electrons. The number of nitrogens with zero attached hydrogens (tertiary/aromatic N) is 5. The van der Waals surface area contributed by atoms with Crippen LogP contribution in [-0.4, -0.2) is 27.0 Å². The van der Waals surface area contributed by atoms with Crippen LogP contribution in [0.2, 0.25) is 0 Å². The largest absolute Gasteiger partial charge is 0.383 e. The SMILES string of the molecule is CC1(C)[C@H](Nc2c(C(N)=Nc3ccc(N=Nc4ccccc4)cc3)cnn3cc(Br)cc23)CC[C@]1(C)N. The van der Waals surface area contributed by atoms with Crippen LogP contribution < -0.4 is 16.8 Å². The molecule has 0 radical (unpaired) electrons. The zero-order valence-corrected chi connectivity index (χ0v) is 22.8. The molecular weight excluding hydrogens is 528 g/mol. The van der Waals surface area contributed by atoms with Gasteiger partial charge in [-0.25, -0.2) is 9.51 Å². The highest BCUT2D eigenvalue weighted by Gasteiger charge is 2.49. The third-order valence-electron chi connectivity index (χ3n) is 7.63. The first-order chi connectivity index (χ1) is 17.6. The van der Waals surface area contributed by atoms with Gasteiger partial charge < -0.3 is 16.8 Å². The molecule has 1 saturated carbocycles. The Balaban J connectivity index is 1.45. The summed E-state index contributed by atoms with van der Waals surface area (Å²) in [6.45, 7) is 6.57. The van der Waals surface area contributed by atoms with Crippen molar-refractivity contribution in [3.63, 3.8) is 0 Å². The summed E-state index contributed by atoms with van der Waals surface area (Å²) in [5.74, 6) is 0.375. The lowest BCUT2D eigenvalue weighted by Gasteiger charge is -2.39. The summed E-state index contributed by atoms with van der Waals surface area (Å²) < 4.78 is 2.77. The van der Waals surface area contributed by atoms with Crippen molar-refractivity contribution >= 4 is 50.0 Å². The number of benzene rings is 2. The van der Waals surface area contributed by atoms with Crippen molar-refractivity contribution in [3.05, 3.63) is 83.1 Å². The van der Waals surface area contributed by atoms with Crippen LogP contribution in [0.3, 0.4) is 0 Å². The highest BCUT2D eigenvalue weighted by atomic mass is 79.9. The summed E-state index contributed by atoms with van der Waals surface area (Å²) in [7, 11) is 0. The van der Waals surface area contributed by atoms with Gasteiger partial charge in [-0.3, -0.25) is 0 Å². The molecule has 1 fully saturated rings. The van der Waals surface area contributed by atoms with Gasteiger partial charge in [-0.15, -0.1) is 0 Å². The third kappa shape index (κ3) is 5.01. The van der Waals surface area contributed by atoms with E-state index in [0.717, 1.165) is 45.5 Å². The molecule has 0 saturated heterocycles. The Bertz CT molecular complexity index is 1470. The van der Waals surface area contributed by atoms with Gasteiger partial charge in [0.2, 0.25) is 0 Å². The van der Waals surface area contributed by atoms with Gasteiger partial charge in [-0.2, -0.15) is 15.3 Å². The molecule has 9 heteroatoms. The van der Waals surface area contributed by atoms with Crippen LogP contribution in [0.25, 0.3) is 5.52 Å². The van der Waals surface area contributed by atoms with E-state index in [9.17, 15) is 0 Å². The zero-order valence-electron chi connectivity index (χ0n) is 21.2. The Labute approximate surface area is 225 Å². The highest BCUT2D eigenvalue weighted by molar-refractivity contribution is 9.10. The standard InChI is InChI=1S/C28H31BrN8/c1-27(2)24(13-14-28(27,3)31)34-25-22(16-32-37-17-18(29)15-23(25)37)26(30)33-19-9-11-21(12-10-19)36-35-20-7-5-4-6-8-20/h4-12,15-17,24,34H,13-14,31H2,1-3H3,(H2,30,33)/t24-,28+/m1/s1. The highest BCUT2D eigenvalue weighted by Crippen LogP contribution is 2.46. The molecule has 5 rings (SSSR count). The summed E-state index contributed by atoms with van der Waals surface area (Å²) in [6, 6.07) is 19.3. The molecule has 4 aromatic rings. The number of azo groups is 1. The first kappa shape index (κ1) is 25.1. The lowest BCUT2D eigenvalue weighted by atomic mass is 9.75. The number of hydrogen-bond acceptors (Lipinski definition) is 6. The van der Waals surface area contributed by atoms with Crippen molar-refractivity contribution in [2.24, 2.45) is 32.1 Å². The average Bonchev–Trinajstić information content (AvgIpc) is 3.35. The number of aromatic nitrogens is 2. The summed E-state index contributed by atoms with van der Waals surface area (Å²) in [5.41, 5.74) is 17.6. The molecule has 1 aliphatic carbocycles. The van der Waals surface area contributed by atoms with E-state index in [1.54, 1.807) is 6.20 Å². The molecule has 0 spiro atoms. The molecular formula is C28H31BrN8. The molecule has 0 amide bonds. The molecule has 0 aliphatic heterocycles. The molecule has 0 unspecified atom stereocenters. The Morgan fingerprint density at radius 2 is 1.68 bits per heavy atom. The van der Waals surface area contributed by atoms with Gasteiger partial charge in [0.05, 0.1) is 40.0 Å². The third-order valence-corrected chi connectivity index (χ3v) is 8.06. The Hall–Kier alpha value is -3.56. The maximum Gasteiger partial charge on any atom is 0.135 e. The maximum atomic E-state index is 6.66. The first-order valence-electron chi connectivity index (χ1n) is 12.3. The van der Waals surface area contributed by atoms with E-state index in [4.69, 9.17) is 16.5 Å². The Morgan fingerprint density at radius 1 is 1.03 bits per heavy atom. The van der Waals surface area contributed by atoms with E-state index in [2.05, 4.69) is 57.3 Å². The molecule has 8 nitrogen and oxygen atoms in total. The van der Waals surface area contributed by atoms with Gasteiger partial charge >= 0.3 is 0 Å². The molecule has 5 N–H and O–H groups in total. The quantitative estimate of drug-likeness (QED) is 0.136. The van der Waals surface area contributed by atoms with Gasteiger partial charge in [0, 0.05) is 27.7 Å². The van der Waals surface area contributed by atoms with Gasteiger partial charge in [0.1, 0.15) is 5.84 Å². The molecule has 1 aliphatic rings. The van der Waals surface area contributed by atoms with Gasteiger partial charge in [-0.05, 0) is 78.2 Å². The van der Waals surface area contributed by atoms with Crippen LogP contribution in [0.1, 0.15) is 39.2 Å². The van der Waals surface area contributed by atoms with Crippen LogP contribution in [0.15, 0.2) is 92.8 Å². The molecule has 2 aromatic carbocycles. The summed E-state index contributed by atoms with van der Waals surface area (Å²) in [5, 5.41) is 16.9. The van der Waals surface area contributed by atoms with E-state index >= 15 is 0 Å². The van der Waals surface area contributed by atoms with E-state index < -0.39 is 0 Å². The van der Waals surface area contributed by atoms with Crippen molar-refractivity contribution in [3.8, 4) is 0 Å². The van der Waals surface area contributed by atoms with E-state index in [1.165, 1.54) is 0 Å². The fraction of sp³-hybridized carbons (Fsp3) is 0.286. The van der Waals surface area contributed by atoms with E-state index in [0.29, 0.717) is 11.5 Å². The second-order valence-electron chi connectivity index (χ2n) is 10.3. The number of anilines is 1. The number of fused-ring (bicyclic) bond motifs is 1. The number of aliphatic imine (C=N–C) groups is 1. The van der Waals surface area contributed by atoms with E-state index in [1.807, 2.05) is 71.4 Å². The summed E-state index contributed by atoms with van der Waals surface area (Å²) in [6.07, 6.45) is 5.59. The summed E-state index contributed by atoms with van der Waals surface area (Å²) >= 11 is 3.58. The van der Waals surface area contributed by atoms with Crippen molar-refractivity contribution in [1.29, 1.82) is 0 Å². The second kappa shape index (κ2) is 9.72. The van der Waals surface area contributed by atoms with E-state index in [-0.39, 0.29) is 17.0 Å². The number of halogens is 1. The van der Waals surface area contributed by atoms with Crippen molar-refractivity contribution in [2.45, 2.75) is 45.2 Å². The predicted molar refractivity (Wildman–Crippen MR) is 153 cm³/mol. The molecule has 0 bridgehead atoms. The first-order valence-corrected chi connectivity index (χ1v) is 13.1. The predicted octanol–water partition coefficient (Wildman–Crippen LogP) is 6.87. The van der Waals surface area contributed by atoms with Crippen LogP contribution in [-0.2, 0) is 0 Å². The number of amidine groups is 1. The average molecular weight is 560 g/mol. The van der Waals surface area contributed by atoms with Crippen LogP contribution in [0.5, 0.6) is 0 Å². The topological polar surface area (TPSA) is 118 Å². The fourth-order valence-corrected chi connectivity index (χ4v) is 5.14. The molecule has 2 atom stereocenters. The van der Waals surface area contributed by atoms with Crippen LogP contribution >= 0.6 is 15.9 Å². The number of hydrogen-bond donors (Lipinski definition) is 3. The van der Waals surface area contributed by atoms with Crippen molar-refractivity contribution in [1.82, 2.24) is 9.61 Å². The van der Waals surface area contributed by atoms with Crippen LogP contribution in [0, 0.1) is 5.41 Å². The van der Waals surface area contributed by atoms with Gasteiger partial charge in [-0.1, -0.05) is 32.0 Å². The number of rotatable bonds is 6. The normalized spacial score (nSPS) is 21.6. The Kier molecular flexibility index (Phi) is 6.59. The Morgan fingerprint density at radius 3 is 2.32 bits per heavy atom. The zero-order chi connectivity index (χ0) is 26.2. The molecule has 2 heterocycles. The fourth-order valence-electron chi connectivity index (χ4n) is 4.73. The lowest BCUT2D eigenvalue weighted by molar-refractivity contribution is 0.215. The van der Waals surface area contributed by atoms with Crippen molar-refractivity contribution < 1.29 is 0 Å². The lowest BCUT2D eigenvalue weighted by Crippen LogP contribution is -2.51. The minimum Gasteiger partial charge on any atom is -0.383 e. The van der Waals surface area contributed by atoms with Crippen LogP contribution in [0.4, 0.5) is 22.7 Å². The second-order valence-corrected chi connectivity index (χ2v) is 11.3. The number of nitrogens with one attached hydrogen (secondary N) is 1. The molecule has 37 heavy (non-hydrogen) atoms. The van der Waals surface area contributed by atoms with Crippen molar-refractivity contribution in [2.75, 3.05) is 5.32 Å². The van der Waals surface area contributed by atoms with Gasteiger partial charge in [0.25, 0.3) is 0 Å². The minimum atomic E-state index is -0.268. The smallest absolute Gasteiger partial charge is 0.135 e. The maximum absolute atomic E-state index is 6.66. The van der Waals surface area contributed by atoms with Gasteiger partial charge in [0.15, 0.2) is 0 Å². The minimum absolute atomic E-state index is 0.121. The molecule has 2 aromatic heterocycles. The number of nitrogens with two attached hydrogens (primary N) is 2. The monoisotopic (exact) mass is 558 g/mol.